The van der Waals surface area contributed by atoms with Crippen molar-refractivity contribution in [2.75, 3.05) is 5.32 Å². The summed E-state index contributed by atoms with van der Waals surface area (Å²) < 4.78 is 0. The van der Waals surface area contributed by atoms with Gasteiger partial charge in [-0.3, -0.25) is 4.79 Å². The zero-order valence-corrected chi connectivity index (χ0v) is 13.9. The molecule has 5 heteroatoms. The van der Waals surface area contributed by atoms with E-state index in [1.54, 1.807) is 0 Å². The summed E-state index contributed by atoms with van der Waals surface area (Å²) in [5.41, 5.74) is 1.27. The van der Waals surface area contributed by atoms with Crippen LogP contribution in [0.5, 0.6) is 0 Å². The van der Waals surface area contributed by atoms with E-state index in [1.807, 2.05) is 18.2 Å². The van der Waals surface area contributed by atoms with E-state index in [-0.39, 0.29) is 5.91 Å². The Bertz CT molecular complexity index is 568. The molecule has 0 bridgehead atoms. The molecule has 118 valence electrons. The molecule has 1 amide bonds. The molecule has 1 aromatic carbocycles. The van der Waals surface area contributed by atoms with E-state index in [1.165, 1.54) is 29.7 Å². The Morgan fingerprint density at radius 3 is 2.68 bits per heavy atom. The van der Waals surface area contributed by atoms with Crippen molar-refractivity contribution >= 4 is 22.4 Å². The van der Waals surface area contributed by atoms with Gasteiger partial charge in [-0.2, -0.15) is 0 Å². The van der Waals surface area contributed by atoms with Gasteiger partial charge in [0.2, 0.25) is 11.0 Å². The maximum atomic E-state index is 11.9. The molecule has 0 radical (unpaired) electrons. The summed E-state index contributed by atoms with van der Waals surface area (Å²) in [5.74, 6) is 0.0205. The number of aryl methyl sites for hydroxylation is 2. The number of amides is 1. The highest BCUT2D eigenvalue weighted by Gasteiger charge is 2.08. The minimum absolute atomic E-state index is 0.0205. The third kappa shape index (κ3) is 5.93. The molecule has 2 rings (SSSR count). The number of nitrogens with one attached hydrogen (secondary N) is 1. The van der Waals surface area contributed by atoms with Gasteiger partial charge in [0.05, 0.1) is 0 Å². The largest absolute Gasteiger partial charge is 0.301 e. The maximum Gasteiger partial charge on any atom is 0.226 e. The van der Waals surface area contributed by atoms with Gasteiger partial charge in [-0.15, -0.1) is 10.2 Å². The molecule has 0 unspecified atom stereocenters. The molecule has 1 N–H and O–H groups in total. The normalized spacial score (nSPS) is 10.6. The second-order valence-electron chi connectivity index (χ2n) is 5.35. The molecule has 22 heavy (non-hydrogen) atoms. The highest BCUT2D eigenvalue weighted by molar-refractivity contribution is 7.15. The molecule has 0 aliphatic carbocycles. The monoisotopic (exact) mass is 317 g/mol. The molecule has 0 saturated heterocycles. The van der Waals surface area contributed by atoms with E-state index < -0.39 is 0 Å². The Kier molecular flexibility index (Phi) is 7.03. The Morgan fingerprint density at radius 2 is 1.91 bits per heavy atom. The minimum atomic E-state index is 0.0205. The van der Waals surface area contributed by atoms with Gasteiger partial charge in [-0.25, -0.2) is 0 Å². The fraction of sp³-hybridized carbons (Fsp3) is 0.471. The molecule has 4 nitrogen and oxygen atoms in total. The average molecular weight is 317 g/mol. The van der Waals surface area contributed by atoms with Crippen LogP contribution in [0, 0.1) is 0 Å². The summed E-state index contributed by atoms with van der Waals surface area (Å²) in [6.45, 7) is 2.18. The highest BCUT2D eigenvalue weighted by atomic mass is 32.1. The first-order chi connectivity index (χ1) is 10.8. The maximum absolute atomic E-state index is 11.9. The number of benzene rings is 1. The van der Waals surface area contributed by atoms with E-state index in [4.69, 9.17) is 0 Å². The van der Waals surface area contributed by atoms with Crippen molar-refractivity contribution in [2.24, 2.45) is 0 Å². The van der Waals surface area contributed by atoms with Crippen molar-refractivity contribution in [1.82, 2.24) is 10.2 Å². The average Bonchev–Trinajstić information content (AvgIpc) is 2.96. The lowest BCUT2D eigenvalue weighted by atomic mass is 10.1. The molecule has 1 heterocycles. The SMILES string of the molecule is CCCCCc1nnc(NC(=O)CCCc2ccccc2)s1. The van der Waals surface area contributed by atoms with Crippen molar-refractivity contribution < 1.29 is 4.79 Å². The standard InChI is InChI=1S/C17H23N3OS/c1-2-3-5-13-16-19-20-17(22-16)18-15(21)12-8-11-14-9-6-4-7-10-14/h4,6-7,9-10H,2-3,5,8,11-13H2,1H3,(H,18,20,21). The van der Waals surface area contributed by atoms with Crippen molar-refractivity contribution in [3.8, 4) is 0 Å². The van der Waals surface area contributed by atoms with E-state index in [0.717, 1.165) is 30.7 Å². The fourth-order valence-electron chi connectivity index (χ4n) is 2.21. The van der Waals surface area contributed by atoms with Crippen LogP contribution in [0.1, 0.15) is 49.6 Å². The fourth-order valence-corrected chi connectivity index (χ4v) is 3.01. The molecule has 2 aromatic rings. The first kappa shape index (κ1) is 16.6. The zero-order chi connectivity index (χ0) is 15.6. The number of carbonyl (C=O) groups excluding carboxylic acids is 1. The summed E-state index contributed by atoms with van der Waals surface area (Å²) in [4.78, 5) is 11.9. The van der Waals surface area contributed by atoms with Crippen molar-refractivity contribution in [3.63, 3.8) is 0 Å². The third-order valence-corrected chi connectivity index (χ3v) is 4.32. The Labute approximate surface area is 136 Å². The number of carbonyl (C=O) groups is 1. The smallest absolute Gasteiger partial charge is 0.226 e. The van der Waals surface area contributed by atoms with Crippen molar-refractivity contribution in [1.29, 1.82) is 0 Å². The van der Waals surface area contributed by atoms with Crippen LogP contribution in [-0.2, 0) is 17.6 Å². The molecule has 0 fully saturated rings. The van der Waals surface area contributed by atoms with Crippen LogP contribution in [0.25, 0.3) is 0 Å². The van der Waals surface area contributed by atoms with E-state index >= 15 is 0 Å². The molecular weight excluding hydrogens is 294 g/mol. The van der Waals surface area contributed by atoms with Gasteiger partial charge in [0, 0.05) is 12.8 Å². The summed E-state index contributed by atoms with van der Waals surface area (Å²) in [6.07, 6.45) is 6.78. The molecular formula is C17H23N3OS. The van der Waals surface area contributed by atoms with Gasteiger partial charge in [0.25, 0.3) is 0 Å². The topological polar surface area (TPSA) is 54.9 Å². The van der Waals surface area contributed by atoms with Crippen LogP contribution in [0.15, 0.2) is 30.3 Å². The number of hydrogen-bond acceptors (Lipinski definition) is 4. The van der Waals surface area contributed by atoms with Gasteiger partial charge < -0.3 is 5.32 Å². The number of nitrogens with zero attached hydrogens (tertiary/aromatic N) is 2. The number of rotatable bonds is 9. The third-order valence-electron chi connectivity index (χ3n) is 3.42. The molecule has 0 aliphatic rings. The van der Waals surface area contributed by atoms with Gasteiger partial charge in [-0.1, -0.05) is 61.4 Å². The van der Waals surface area contributed by atoms with Crippen LogP contribution in [-0.4, -0.2) is 16.1 Å². The van der Waals surface area contributed by atoms with E-state index in [2.05, 4.69) is 34.6 Å². The lowest BCUT2D eigenvalue weighted by molar-refractivity contribution is -0.116. The number of anilines is 1. The second-order valence-corrected chi connectivity index (χ2v) is 6.41. The van der Waals surface area contributed by atoms with Crippen LogP contribution < -0.4 is 5.32 Å². The molecule has 0 atom stereocenters. The minimum Gasteiger partial charge on any atom is -0.301 e. The van der Waals surface area contributed by atoms with Gasteiger partial charge >= 0.3 is 0 Å². The zero-order valence-electron chi connectivity index (χ0n) is 13.0. The van der Waals surface area contributed by atoms with Crippen LogP contribution in [0.2, 0.25) is 0 Å². The summed E-state index contributed by atoms with van der Waals surface area (Å²) >= 11 is 1.49. The summed E-state index contributed by atoms with van der Waals surface area (Å²) in [5, 5.41) is 12.6. The van der Waals surface area contributed by atoms with Crippen LogP contribution >= 0.6 is 11.3 Å². The predicted octanol–water partition coefficient (Wildman–Crippen LogP) is 4.23. The Morgan fingerprint density at radius 1 is 1.09 bits per heavy atom. The van der Waals surface area contributed by atoms with E-state index in [0.29, 0.717) is 11.6 Å². The predicted molar refractivity (Wildman–Crippen MR) is 91.1 cm³/mol. The Balaban J connectivity index is 1.68. The molecule has 0 aliphatic heterocycles. The molecule has 1 aromatic heterocycles. The summed E-state index contributed by atoms with van der Waals surface area (Å²) in [6, 6.07) is 10.2. The molecule has 0 saturated carbocycles. The second kappa shape index (κ2) is 9.30. The van der Waals surface area contributed by atoms with Crippen LogP contribution in [0.4, 0.5) is 5.13 Å². The van der Waals surface area contributed by atoms with Crippen molar-refractivity contribution in [3.05, 3.63) is 40.9 Å². The van der Waals surface area contributed by atoms with Gasteiger partial charge in [0.15, 0.2) is 0 Å². The highest BCUT2D eigenvalue weighted by Crippen LogP contribution is 2.18. The van der Waals surface area contributed by atoms with Gasteiger partial charge in [-0.05, 0) is 24.8 Å². The summed E-state index contributed by atoms with van der Waals surface area (Å²) in [7, 11) is 0. The first-order valence-electron chi connectivity index (χ1n) is 7.94. The number of hydrogen-bond donors (Lipinski definition) is 1. The number of aromatic nitrogens is 2. The number of unbranched alkanes of at least 4 members (excludes halogenated alkanes) is 2. The lowest BCUT2D eigenvalue weighted by Crippen LogP contribution is -2.11. The first-order valence-corrected chi connectivity index (χ1v) is 8.75. The lowest BCUT2D eigenvalue weighted by Gasteiger charge is -2.02. The van der Waals surface area contributed by atoms with Gasteiger partial charge in [0.1, 0.15) is 5.01 Å². The van der Waals surface area contributed by atoms with E-state index in [9.17, 15) is 4.79 Å². The quantitative estimate of drug-likeness (QED) is 0.704. The van der Waals surface area contributed by atoms with Crippen LogP contribution in [0.3, 0.4) is 0 Å². The Hall–Kier alpha value is -1.75. The van der Waals surface area contributed by atoms with Crippen molar-refractivity contribution in [2.45, 2.75) is 51.9 Å². The molecule has 0 spiro atoms.